The van der Waals surface area contributed by atoms with Crippen LogP contribution in [0.4, 0.5) is 16.0 Å². The summed E-state index contributed by atoms with van der Waals surface area (Å²) in [5.41, 5.74) is 4.38. The first-order valence-corrected chi connectivity index (χ1v) is 11.4. The third-order valence-corrected chi connectivity index (χ3v) is 6.46. The number of nitrogens with zero attached hydrogens (tertiary/aromatic N) is 4. The van der Waals surface area contributed by atoms with Crippen LogP contribution in [0.1, 0.15) is 43.5 Å². The standard InChI is InChI=1S/C25H27FN6O/c1-16(33)32-11-9-19(10-12-32)29-25-28-15-20(26)24(31-25)21-8-7-18-14-27-22(13-23(18)30-21)17-5-3-2-4-6-17/h2-6,13-15,19,21,30H,7-12H2,1H3,(H,28,29,31). The van der Waals surface area contributed by atoms with Crippen molar-refractivity contribution >= 4 is 17.5 Å². The van der Waals surface area contributed by atoms with E-state index in [9.17, 15) is 9.18 Å². The number of halogens is 1. The molecule has 1 aromatic carbocycles. The second-order valence-corrected chi connectivity index (χ2v) is 8.68. The topological polar surface area (TPSA) is 83.0 Å². The van der Waals surface area contributed by atoms with Gasteiger partial charge in [-0.3, -0.25) is 9.78 Å². The maximum absolute atomic E-state index is 14.7. The van der Waals surface area contributed by atoms with Crippen LogP contribution in [0.25, 0.3) is 11.3 Å². The number of pyridine rings is 1. The van der Waals surface area contributed by atoms with Gasteiger partial charge in [0.25, 0.3) is 0 Å². The summed E-state index contributed by atoms with van der Waals surface area (Å²) in [4.78, 5) is 26.7. The monoisotopic (exact) mass is 446 g/mol. The third kappa shape index (κ3) is 4.65. The molecule has 2 aromatic heterocycles. The highest BCUT2D eigenvalue weighted by molar-refractivity contribution is 5.73. The number of aromatic nitrogens is 3. The highest BCUT2D eigenvalue weighted by atomic mass is 19.1. The van der Waals surface area contributed by atoms with Gasteiger partial charge in [-0.2, -0.15) is 0 Å². The van der Waals surface area contributed by atoms with Gasteiger partial charge in [0, 0.05) is 43.5 Å². The predicted octanol–water partition coefficient (Wildman–Crippen LogP) is 4.20. The number of carbonyl (C=O) groups is 1. The van der Waals surface area contributed by atoms with E-state index in [1.54, 1.807) is 6.92 Å². The van der Waals surface area contributed by atoms with Gasteiger partial charge in [-0.05, 0) is 37.3 Å². The lowest BCUT2D eigenvalue weighted by molar-refractivity contribution is -0.129. The molecular weight excluding hydrogens is 419 g/mol. The minimum absolute atomic E-state index is 0.100. The van der Waals surface area contributed by atoms with Gasteiger partial charge in [0.2, 0.25) is 11.9 Å². The highest BCUT2D eigenvalue weighted by Gasteiger charge is 2.26. The molecule has 7 nitrogen and oxygen atoms in total. The number of hydrogen-bond donors (Lipinski definition) is 2. The number of anilines is 2. The minimum Gasteiger partial charge on any atom is -0.376 e. The summed E-state index contributed by atoms with van der Waals surface area (Å²) in [6.45, 7) is 3.01. The van der Waals surface area contributed by atoms with Crippen LogP contribution in [0.15, 0.2) is 48.8 Å². The van der Waals surface area contributed by atoms with Crippen LogP contribution < -0.4 is 10.6 Å². The molecule has 1 saturated heterocycles. The Morgan fingerprint density at radius 3 is 2.67 bits per heavy atom. The van der Waals surface area contributed by atoms with Gasteiger partial charge in [-0.1, -0.05) is 30.3 Å². The van der Waals surface area contributed by atoms with E-state index in [0.29, 0.717) is 24.7 Å². The number of likely N-dealkylation sites (tertiary alicyclic amines) is 1. The first kappa shape index (κ1) is 21.3. The molecule has 1 amide bonds. The van der Waals surface area contributed by atoms with Gasteiger partial charge in [-0.15, -0.1) is 0 Å². The Balaban J connectivity index is 1.32. The molecule has 0 spiro atoms. The zero-order valence-corrected chi connectivity index (χ0v) is 18.6. The molecule has 5 rings (SSSR count). The fraction of sp³-hybridized carbons (Fsp3) is 0.360. The number of hydrogen-bond acceptors (Lipinski definition) is 6. The quantitative estimate of drug-likeness (QED) is 0.625. The second-order valence-electron chi connectivity index (χ2n) is 8.68. The molecule has 33 heavy (non-hydrogen) atoms. The normalized spacial score (nSPS) is 18.4. The van der Waals surface area contributed by atoms with E-state index in [0.717, 1.165) is 48.2 Å². The first-order valence-electron chi connectivity index (χ1n) is 11.4. The third-order valence-electron chi connectivity index (χ3n) is 6.46. The van der Waals surface area contributed by atoms with Crippen LogP contribution in [0.2, 0.25) is 0 Å². The summed E-state index contributed by atoms with van der Waals surface area (Å²) in [6.07, 6.45) is 6.31. The molecule has 1 fully saturated rings. The van der Waals surface area contributed by atoms with Crippen molar-refractivity contribution in [3.05, 3.63) is 65.9 Å². The predicted molar refractivity (Wildman–Crippen MR) is 125 cm³/mol. The Labute approximate surface area is 192 Å². The van der Waals surface area contributed by atoms with Gasteiger partial charge in [0.05, 0.1) is 17.9 Å². The van der Waals surface area contributed by atoms with E-state index in [1.807, 2.05) is 47.5 Å². The van der Waals surface area contributed by atoms with Crippen LogP contribution in [0, 0.1) is 5.82 Å². The largest absolute Gasteiger partial charge is 0.376 e. The molecule has 0 saturated carbocycles. The van der Waals surface area contributed by atoms with Crippen molar-refractivity contribution in [2.24, 2.45) is 0 Å². The number of fused-ring (bicyclic) bond motifs is 1. The Morgan fingerprint density at radius 1 is 1.12 bits per heavy atom. The summed E-state index contributed by atoms with van der Waals surface area (Å²) in [5, 5.41) is 6.80. The van der Waals surface area contributed by atoms with Crippen LogP contribution in [0.3, 0.4) is 0 Å². The summed E-state index contributed by atoms with van der Waals surface area (Å²) in [7, 11) is 0. The number of nitrogens with one attached hydrogen (secondary N) is 2. The van der Waals surface area contributed by atoms with E-state index in [-0.39, 0.29) is 18.0 Å². The Hall–Kier alpha value is -3.55. The molecule has 8 heteroatoms. The lowest BCUT2D eigenvalue weighted by atomic mass is 9.96. The summed E-state index contributed by atoms with van der Waals surface area (Å²) in [5.74, 6) is 0.119. The number of aryl methyl sites for hydroxylation is 1. The van der Waals surface area contributed by atoms with Crippen LogP contribution >= 0.6 is 0 Å². The fourth-order valence-corrected chi connectivity index (χ4v) is 4.56. The molecular formula is C25H27FN6O. The van der Waals surface area contributed by atoms with Crippen molar-refractivity contribution in [3.8, 4) is 11.3 Å². The first-order chi connectivity index (χ1) is 16.1. The van der Waals surface area contributed by atoms with Crippen molar-refractivity contribution in [1.82, 2.24) is 19.9 Å². The number of piperidine rings is 1. The lowest BCUT2D eigenvalue weighted by Gasteiger charge is -2.32. The van der Waals surface area contributed by atoms with Gasteiger partial charge < -0.3 is 15.5 Å². The van der Waals surface area contributed by atoms with Crippen molar-refractivity contribution in [2.75, 3.05) is 23.7 Å². The van der Waals surface area contributed by atoms with Crippen molar-refractivity contribution in [2.45, 2.75) is 44.7 Å². The number of benzene rings is 1. The van der Waals surface area contributed by atoms with Gasteiger partial charge in [0.1, 0.15) is 5.69 Å². The summed E-state index contributed by atoms with van der Waals surface area (Å²) < 4.78 is 14.7. The Bertz CT molecular complexity index is 1150. The maximum Gasteiger partial charge on any atom is 0.223 e. The van der Waals surface area contributed by atoms with E-state index in [2.05, 4.69) is 25.6 Å². The van der Waals surface area contributed by atoms with Gasteiger partial charge in [0.15, 0.2) is 5.82 Å². The second kappa shape index (κ2) is 9.13. The number of carbonyl (C=O) groups excluding carboxylic acids is 1. The van der Waals surface area contributed by atoms with Gasteiger partial charge >= 0.3 is 0 Å². The smallest absolute Gasteiger partial charge is 0.223 e. The van der Waals surface area contributed by atoms with Crippen molar-refractivity contribution < 1.29 is 9.18 Å². The number of amides is 1. The average Bonchev–Trinajstić information content (AvgIpc) is 2.85. The maximum atomic E-state index is 14.7. The zero-order valence-electron chi connectivity index (χ0n) is 18.6. The molecule has 170 valence electrons. The Morgan fingerprint density at radius 2 is 1.91 bits per heavy atom. The molecule has 2 aliphatic rings. The van der Waals surface area contributed by atoms with Crippen LogP contribution in [-0.2, 0) is 11.2 Å². The molecule has 2 aliphatic heterocycles. The molecule has 1 unspecified atom stereocenters. The molecule has 0 bridgehead atoms. The number of rotatable bonds is 4. The Kier molecular flexibility index (Phi) is 5.90. The summed E-state index contributed by atoms with van der Waals surface area (Å²) >= 11 is 0. The SMILES string of the molecule is CC(=O)N1CCC(Nc2ncc(F)c(C3CCc4cnc(-c5ccccc5)cc4N3)n2)CC1. The van der Waals surface area contributed by atoms with Gasteiger partial charge in [-0.25, -0.2) is 14.4 Å². The fourth-order valence-electron chi connectivity index (χ4n) is 4.56. The van der Waals surface area contributed by atoms with Crippen LogP contribution in [-0.4, -0.2) is 44.9 Å². The molecule has 1 atom stereocenters. The zero-order chi connectivity index (χ0) is 22.8. The van der Waals surface area contributed by atoms with E-state index in [1.165, 1.54) is 6.20 Å². The summed E-state index contributed by atoms with van der Waals surface area (Å²) in [6, 6.07) is 12.0. The van der Waals surface area contributed by atoms with Crippen molar-refractivity contribution in [1.29, 1.82) is 0 Å². The van der Waals surface area contributed by atoms with Crippen molar-refractivity contribution in [3.63, 3.8) is 0 Å². The highest BCUT2D eigenvalue weighted by Crippen LogP contribution is 2.34. The molecule has 4 heterocycles. The molecule has 3 aromatic rings. The van der Waals surface area contributed by atoms with E-state index < -0.39 is 5.82 Å². The van der Waals surface area contributed by atoms with E-state index >= 15 is 0 Å². The van der Waals surface area contributed by atoms with E-state index in [4.69, 9.17) is 0 Å². The minimum atomic E-state index is -0.412. The average molecular weight is 447 g/mol. The van der Waals surface area contributed by atoms with Crippen LogP contribution in [0.5, 0.6) is 0 Å². The molecule has 0 radical (unpaired) electrons. The molecule has 0 aliphatic carbocycles. The lowest BCUT2D eigenvalue weighted by Crippen LogP contribution is -2.41. The molecule has 2 N–H and O–H groups in total.